The van der Waals surface area contributed by atoms with E-state index in [0.717, 1.165) is 29.7 Å². The van der Waals surface area contributed by atoms with Crippen molar-refractivity contribution in [2.45, 2.75) is 43.4 Å². The van der Waals surface area contributed by atoms with E-state index in [1.165, 1.54) is 11.8 Å². The summed E-state index contributed by atoms with van der Waals surface area (Å²) in [6.07, 6.45) is 3.10. The zero-order valence-corrected chi connectivity index (χ0v) is 10.0. The molecule has 2 nitrogen and oxygen atoms in total. The van der Waals surface area contributed by atoms with Gasteiger partial charge in [0.05, 0.1) is 0 Å². The van der Waals surface area contributed by atoms with Crippen LogP contribution in [0.4, 0.5) is 0 Å². The van der Waals surface area contributed by atoms with Gasteiger partial charge in [-0.05, 0) is 43.5 Å². The molecule has 1 unspecified atom stereocenters. The Kier molecular flexibility index (Phi) is 4.99. The van der Waals surface area contributed by atoms with Crippen LogP contribution in [0.5, 0.6) is 5.75 Å². The molecule has 1 rings (SSSR count). The van der Waals surface area contributed by atoms with E-state index >= 15 is 0 Å². The molecular formula is C12H18O2S. The second-order valence-electron chi connectivity index (χ2n) is 3.61. The highest BCUT2D eigenvalue weighted by Crippen LogP contribution is 2.28. The molecule has 0 saturated heterocycles. The fourth-order valence-corrected chi connectivity index (χ4v) is 2.15. The Morgan fingerprint density at radius 2 is 2.13 bits per heavy atom. The van der Waals surface area contributed by atoms with Crippen molar-refractivity contribution in [2.75, 3.05) is 0 Å². The number of phenolic OH excluding ortho intramolecular Hbond substituents is 1. The van der Waals surface area contributed by atoms with E-state index in [1.807, 2.05) is 12.1 Å². The van der Waals surface area contributed by atoms with E-state index in [-0.39, 0.29) is 0 Å². The fraction of sp³-hybridized carbons (Fsp3) is 0.500. The van der Waals surface area contributed by atoms with Crippen molar-refractivity contribution in [1.82, 2.24) is 0 Å². The Labute approximate surface area is 95.3 Å². The minimum Gasteiger partial charge on any atom is -0.508 e. The number of hydrogen-bond acceptors (Lipinski definition) is 3. The Morgan fingerprint density at radius 3 is 2.73 bits per heavy atom. The number of hydrogen-bond donors (Lipinski definition) is 2. The fourth-order valence-electron chi connectivity index (χ4n) is 1.40. The lowest BCUT2D eigenvalue weighted by Gasteiger charge is -2.08. The third-order valence-electron chi connectivity index (χ3n) is 2.16. The maximum Gasteiger partial charge on any atom is 0.118 e. The Morgan fingerprint density at radius 1 is 1.40 bits per heavy atom. The lowest BCUT2D eigenvalue weighted by molar-refractivity contribution is 0.284. The molecule has 0 bridgehead atoms. The molecule has 3 heteroatoms. The average Bonchev–Trinajstić information content (AvgIpc) is 2.18. The van der Waals surface area contributed by atoms with E-state index in [1.54, 1.807) is 13.0 Å². The zero-order chi connectivity index (χ0) is 11.3. The first-order valence-electron chi connectivity index (χ1n) is 5.30. The SMILES string of the molecule is CCCCc1cc(SC(C)O)ccc1O. The minimum absolute atomic E-state index is 0.360. The molecule has 1 atom stereocenters. The van der Waals surface area contributed by atoms with Gasteiger partial charge in [-0.25, -0.2) is 0 Å². The predicted molar refractivity (Wildman–Crippen MR) is 64.3 cm³/mol. The van der Waals surface area contributed by atoms with Crippen LogP contribution in [0.2, 0.25) is 0 Å². The first kappa shape index (κ1) is 12.4. The van der Waals surface area contributed by atoms with Crippen molar-refractivity contribution in [3.63, 3.8) is 0 Å². The molecule has 0 amide bonds. The smallest absolute Gasteiger partial charge is 0.118 e. The summed E-state index contributed by atoms with van der Waals surface area (Å²) in [7, 11) is 0. The number of aliphatic hydroxyl groups excluding tert-OH is 1. The molecule has 0 aliphatic rings. The molecule has 0 radical (unpaired) electrons. The first-order chi connectivity index (χ1) is 7.13. The number of phenols is 1. The standard InChI is InChI=1S/C12H18O2S/c1-3-4-5-10-8-11(15-9(2)13)6-7-12(10)14/h6-9,13-14H,3-5H2,1-2H3. The highest BCUT2D eigenvalue weighted by molar-refractivity contribution is 7.99. The number of aliphatic hydroxyl groups is 1. The second-order valence-corrected chi connectivity index (χ2v) is 5.00. The summed E-state index contributed by atoms with van der Waals surface area (Å²) in [5.41, 5.74) is 0.566. The van der Waals surface area contributed by atoms with E-state index in [2.05, 4.69) is 6.92 Å². The molecule has 0 saturated carbocycles. The van der Waals surface area contributed by atoms with Gasteiger partial charge in [-0.1, -0.05) is 25.1 Å². The van der Waals surface area contributed by atoms with Crippen LogP contribution < -0.4 is 0 Å². The summed E-state index contributed by atoms with van der Waals surface area (Å²) in [4.78, 5) is 1.01. The van der Waals surface area contributed by atoms with E-state index < -0.39 is 5.44 Å². The van der Waals surface area contributed by atoms with Gasteiger partial charge in [0.25, 0.3) is 0 Å². The number of benzene rings is 1. The summed E-state index contributed by atoms with van der Waals surface area (Å²) in [6, 6.07) is 5.50. The summed E-state index contributed by atoms with van der Waals surface area (Å²) >= 11 is 1.40. The van der Waals surface area contributed by atoms with Crippen LogP contribution in [0.1, 0.15) is 32.3 Å². The monoisotopic (exact) mass is 226 g/mol. The Bertz CT molecular complexity index is 310. The van der Waals surface area contributed by atoms with Gasteiger partial charge in [0.1, 0.15) is 11.2 Å². The van der Waals surface area contributed by atoms with Crippen LogP contribution in [0.15, 0.2) is 23.1 Å². The maximum atomic E-state index is 9.62. The van der Waals surface area contributed by atoms with Gasteiger partial charge in [-0.2, -0.15) is 0 Å². The van der Waals surface area contributed by atoms with Crippen LogP contribution in [0.25, 0.3) is 0 Å². The van der Waals surface area contributed by atoms with Crippen molar-refractivity contribution >= 4 is 11.8 Å². The molecule has 0 aromatic heterocycles. The molecule has 0 heterocycles. The quantitative estimate of drug-likeness (QED) is 0.598. The van der Waals surface area contributed by atoms with Crippen LogP contribution in [-0.4, -0.2) is 15.6 Å². The van der Waals surface area contributed by atoms with Gasteiger partial charge in [-0.3, -0.25) is 0 Å². The minimum atomic E-state index is -0.409. The highest BCUT2D eigenvalue weighted by atomic mass is 32.2. The molecule has 84 valence electrons. The van der Waals surface area contributed by atoms with Crippen molar-refractivity contribution in [3.05, 3.63) is 23.8 Å². The van der Waals surface area contributed by atoms with Gasteiger partial charge in [0.2, 0.25) is 0 Å². The largest absolute Gasteiger partial charge is 0.508 e. The lowest BCUT2D eigenvalue weighted by atomic mass is 10.1. The van der Waals surface area contributed by atoms with Crippen LogP contribution >= 0.6 is 11.8 Å². The Hall–Kier alpha value is -0.670. The molecule has 0 aliphatic heterocycles. The third kappa shape index (κ3) is 4.14. The van der Waals surface area contributed by atoms with Gasteiger partial charge >= 0.3 is 0 Å². The lowest BCUT2D eigenvalue weighted by Crippen LogP contribution is -1.92. The molecule has 1 aromatic rings. The highest BCUT2D eigenvalue weighted by Gasteiger charge is 2.05. The van der Waals surface area contributed by atoms with Crippen LogP contribution in [0.3, 0.4) is 0 Å². The van der Waals surface area contributed by atoms with Crippen molar-refractivity contribution in [3.8, 4) is 5.75 Å². The van der Waals surface area contributed by atoms with Crippen LogP contribution in [0, 0.1) is 0 Å². The zero-order valence-electron chi connectivity index (χ0n) is 9.23. The third-order valence-corrected chi connectivity index (χ3v) is 3.02. The van der Waals surface area contributed by atoms with E-state index in [4.69, 9.17) is 0 Å². The van der Waals surface area contributed by atoms with Gasteiger partial charge < -0.3 is 10.2 Å². The number of rotatable bonds is 5. The Balaban J connectivity index is 2.75. The van der Waals surface area contributed by atoms with E-state index in [0.29, 0.717) is 5.75 Å². The molecule has 0 aliphatic carbocycles. The number of aryl methyl sites for hydroxylation is 1. The molecule has 15 heavy (non-hydrogen) atoms. The van der Waals surface area contributed by atoms with Crippen molar-refractivity contribution in [1.29, 1.82) is 0 Å². The maximum absolute atomic E-state index is 9.62. The second kappa shape index (κ2) is 6.03. The normalized spacial score (nSPS) is 12.7. The molecule has 0 fully saturated rings. The first-order valence-corrected chi connectivity index (χ1v) is 6.18. The number of thioether (sulfide) groups is 1. The summed E-state index contributed by atoms with van der Waals surface area (Å²) in [5.74, 6) is 0.360. The van der Waals surface area contributed by atoms with Crippen molar-refractivity contribution in [2.24, 2.45) is 0 Å². The summed E-state index contributed by atoms with van der Waals surface area (Å²) in [5, 5.41) is 18.9. The topological polar surface area (TPSA) is 40.5 Å². The van der Waals surface area contributed by atoms with Crippen LogP contribution in [-0.2, 0) is 6.42 Å². The predicted octanol–water partition coefficient (Wildman–Crippen LogP) is 3.17. The van der Waals surface area contributed by atoms with Gasteiger partial charge in [0, 0.05) is 4.90 Å². The molecule has 0 spiro atoms. The molecule has 2 N–H and O–H groups in total. The number of unbranched alkanes of at least 4 members (excludes halogenated alkanes) is 1. The van der Waals surface area contributed by atoms with E-state index in [9.17, 15) is 10.2 Å². The average molecular weight is 226 g/mol. The summed E-state index contributed by atoms with van der Waals surface area (Å²) in [6.45, 7) is 3.87. The summed E-state index contributed by atoms with van der Waals surface area (Å²) < 4.78 is 0. The van der Waals surface area contributed by atoms with Crippen molar-refractivity contribution < 1.29 is 10.2 Å². The molecular weight excluding hydrogens is 208 g/mol. The molecule has 1 aromatic carbocycles. The van der Waals surface area contributed by atoms with Gasteiger partial charge in [-0.15, -0.1) is 0 Å². The number of aromatic hydroxyl groups is 1. The van der Waals surface area contributed by atoms with Gasteiger partial charge in [0.15, 0.2) is 0 Å².